The van der Waals surface area contributed by atoms with Crippen LogP contribution in [0.15, 0.2) is 72.9 Å². The van der Waals surface area contributed by atoms with E-state index in [1.165, 1.54) is 6.92 Å². The molecule has 0 saturated carbocycles. The molecular weight excluding hydrogens is 364 g/mol. The first-order valence-electron chi connectivity index (χ1n) is 9.22. The Morgan fingerprint density at radius 1 is 1.03 bits per heavy atom. The van der Waals surface area contributed by atoms with Crippen LogP contribution in [0.2, 0.25) is 0 Å². The summed E-state index contributed by atoms with van der Waals surface area (Å²) in [6.45, 7) is 1.46. The summed E-state index contributed by atoms with van der Waals surface area (Å²) >= 11 is 0. The van der Waals surface area contributed by atoms with E-state index < -0.39 is 0 Å². The van der Waals surface area contributed by atoms with Gasteiger partial charge in [0.2, 0.25) is 5.91 Å². The first-order chi connectivity index (χ1) is 14.0. The summed E-state index contributed by atoms with van der Waals surface area (Å²) in [6.07, 6.45) is 3.65. The summed E-state index contributed by atoms with van der Waals surface area (Å²) in [5.74, 6) is 0.338. The molecule has 6 nitrogen and oxygen atoms in total. The van der Waals surface area contributed by atoms with Crippen molar-refractivity contribution < 1.29 is 9.59 Å². The molecule has 2 aromatic carbocycles. The van der Waals surface area contributed by atoms with Crippen molar-refractivity contribution in [3.8, 4) is 0 Å². The number of pyridine rings is 1. The van der Waals surface area contributed by atoms with Crippen molar-refractivity contribution in [2.45, 2.75) is 6.92 Å². The van der Waals surface area contributed by atoms with Gasteiger partial charge >= 0.3 is 0 Å². The summed E-state index contributed by atoms with van der Waals surface area (Å²) in [6, 6.07) is 20.7. The Labute approximate surface area is 169 Å². The predicted octanol–water partition coefficient (Wildman–Crippen LogP) is 4.05. The largest absolute Gasteiger partial charge is 0.326 e. The van der Waals surface area contributed by atoms with Crippen LogP contribution >= 0.6 is 0 Å². The molecule has 144 valence electrons. The monoisotopic (exact) mass is 384 g/mol. The fourth-order valence-electron chi connectivity index (χ4n) is 3.35. The van der Waals surface area contributed by atoms with Gasteiger partial charge in [0.05, 0.1) is 11.3 Å². The highest BCUT2D eigenvalue weighted by Crippen LogP contribution is 2.37. The lowest BCUT2D eigenvalue weighted by Gasteiger charge is -2.30. The lowest BCUT2D eigenvalue weighted by atomic mass is 10.1. The number of hydrogen-bond donors (Lipinski definition) is 1. The number of rotatable bonds is 4. The number of hydrazine groups is 1. The molecule has 0 atom stereocenters. The molecule has 1 aliphatic heterocycles. The van der Waals surface area contributed by atoms with E-state index in [1.807, 2.05) is 60.7 Å². The van der Waals surface area contributed by atoms with Gasteiger partial charge in [-0.25, -0.2) is 9.99 Å². The topological polar surface area (TPSA) is 65.5 Å². The minimum absolute atomic E-state index is 0.148. The molecule has 6 heteroatoms. The number of amides is 2. The summed E-state index contributed by atoms with van der Waals surface area (Å²) in [5.41, 5.74) is 3.66. The van der Waals surface area contributed by atoms with Crippen LogP contribution in [0.5, 0.6) is 0 Å². The van der Waals surface area contributed by atoms with Crippen molar-refractivity contribution in [3.63, 3.8) is 0 Å². The summed E-state index contributed by atoms with van der Waals surface area (Å²) < 4.78 is 0. The van der Waals surface area contributed by atoms with E-state index in [9.17, 15) is 9.59 Å². The Morgan fingerprint density at radius 3 is 2.48 bits per heavy atom. The van der Waals surface area contributed by atoms with Gasteiger partial charge in [-0.2, -0.15) is 0 Å². The zero-order valence-corrected chi connectivity index (χ0v) is 16.2. The minimum atomic E-state index is -0.162. The van der Waals surface area contributed by atoms with Crippen LogP contribution in [0, 0.1) is 0 Å². The molecule has 3 aromatic rings. The third-order valence-electron chi connectivity index (χ3n) is 4.65. The Bertz CT molecular complexity index is 1090. The Balaban J connectivity index is 1.85. The van der Waals surface area contributed by atoms with Crippen LogP contribution in [0.3, 0.4) is 0 Å². The Morgan fingerprint density at radius 2 is 1.79 bits per heavy atom. The normalized spacial score (nSPS) is 14.1. The second kappa shape index (κ2) is 7.59. The molecule has 0 aliphatic carbocycles. The molecular formula is C23H20N4O2. The van der Waals surface area contributed by atoms with Crippen molar-refractivity contribution in [1.82, 2.24) is 9.99 Å². The number of hydrogen-bond acceptors (Lipinski definition) is 4. The average molecular weight is 384 g/mol. The van der Waals surface area contributed by atoms with E-state index in [4.69, 9.17) is 0 Å². The van der Waals surface area contributed by atoms with E-state index in [2.05, 4.69) is 10.3 Å². The molecule has 0 saturated heterocycles. The average Bonchev–Trinajstić information content (AvgIpc) is 2.99. The first kappa shape index (κ1) is 18.4. The number of fused-ring (bicyclic) bond motifs is 1. The predicted molar refractivity (Wildman–Crippen MR) is 114 cm³/mol. The highest BCUT2D eigenvalue weighted by atomic mass is 16.2. The molecule has 2 amide bonds. The molecule has 29 heavy (non-hydrogen) atoms. The number of nitrogens with one attached hydrogen (secondary N) is 1. The number of anilines is 2. The van der Waals surface area contributed by atoms with Gasteiger partial charge in [-0.05, 0) is 42.0 Å². The number of aromatic nitrogens is 1. The quantitative estimate of drug-likeness (QED) is 0.737. The number of carbonyl (C=O) groups is 2. The highest BCUT2D eigenvalue weighted by molar-refractivity contribution is 6.13. The van der Waals surface area contributed by atoms with Gasteiger partial charge in [-0.3, -0.25) is 14.6 Å². The van der Waals surface area contributed by atoms with E-state index in [-0.39, 0.29) is 11.8 Å². The second-order valence-corrected chi connectivity index (χ2v) is 6.71. The third kappa shape index (κ3) is 3.60. The van der Waals surface area contributed by atoms with E-state index in [1.54, 1.807) is 35.4 Å². The highest BCUT2D eigenvalue weighted by Gasteiger charge is 2.36. The summed E-state index contributed by atoms with van der Waals surface area (Å²) in [7, 11) is 1.81. The molecule has 1 aromatic heterocycles. The van der Waals surface area contributed by atoms with Gasteiger partial charge in [0.15, 0.2) is 0 Å². The third-order valence-corrected chi connectivity index (χ3v) is 4.65. The standard InChI is InChI=1S/C23H20N4O2/c1-16(28)25-18-11-12-19-20(15-18)21(14-17-8-4-3-5-9-17)27(23(19)29)26(2)22-10-6-7-13-24-22/h3-15H,1-2H3,(H,25,28). The van der Waals surface area contributed by atoms with Crippen LogP contribution in [0.25, 0.3) is 11.8 Å². The van der Waals surface area contributed by atoms with Gasteiger partial charge in [-0.1, -0.05) is 36.4 Å². The van der Waals surface area contributed by atoms with Crippen LogP contribution in [0.4, 0.5) is 11.5 Å². The van der Waals surface area contributed by atoms with E-state index >= 15 is 0 Å². The van der Waals surface area contributed by atoms with Crippen molar-refractivity contribution in [3.05, 3.63) is 89.6 Å². The number of benzene rings is 2. The molecule has 0 spiro atoms. The second-order valence-electron chi connectivity index (χ2n) is 6.71. The zero-order valence-electron chi connectivity index (χ0n) is 16.2. The van der Waals surface area contributed by atoms with E-state index in [0.717, 1.165) is 16.8 Å². The molecule has 0 bridgehead atoms. The number of carbonyl (C=O) groups excluding carboxylic acids is 2. The molecule has 0 unspecified atom stereocenters. The fourth-order valence-corrected chi connectivity index (χ4v) is 3.35. The Hall–Kier alpha value is -3.93. The lowest BCUT2D eigenvalue weighted by Crippen LogP contribution is -2.39. The van der Waals surface area contributed by atoms with Gasteiger partial charge in [0.1, 0.15) is 5.82 Å². The van der Waals surface area contributed by atoms with Gasteiger partial charge in [0, 0.05) is 31.4 Å². The van der Waals surface area contributed by atoms with Crippen molar-refractivity contribution >= 4 is 35.1 Å². The molecule has 1 aliphatic rings. The maximum Gasteiger partial charge on any atom is 0.277 e. The summed E-state index contributed by atoms with van der Waals surface area (Å²) in [5, 5.41) is 6.13. The first-order valence-corrected chi connectivity index (χ1v) is 9.22. The SMILES string of the molecule is CC(=O)Nc1ccc2c(c1)C(=Cc1ccccc1)N(N(C)c1ccccn1)C2=O. The minimum Gasteiger partial charge on any atom is -0.326 e. The maximum atomic E-state index is 13.3. The summed E-state index contributed by atoms with van der Waals surface area (Å²) in [4.78, 5) is 29.1. The van der Waals surface area contributed by atoms with Crippen molar-refractivity contribution in [2.75, 3.05) is 17.4 Å². The van der Waals surface area contributed by atoms with Crippen molar-refractivity contribution in [1.29, 1.82) is 0 Å². The van der Waals surface area contributed by atoms with Gasteiger partial charge in [0.25, 0.3) is 5.91 Å². The number of nitrogens with zero attached hydrogens (tertiary/aromatic N) is 3. The lowest BCUT2D eigenvalue weighted by molar-refractivity contribution is -0.114. The van der Waals surface area contributed by atoms with Crippen LogP contribution in [-0.4, -0.2) is 28.9 Å². The molecule has 1 N–H and O–H groups in total. The molecule has 2 heterocycles. The maximum absolute atomic E-state index is 13.3. The van der Waals surface area contributed by atoms with Crippen LogP contribution < -0.4 is 10.3 Å². The Kier molecular flexibility index (Phi) is 4.83. The van der Waals surface area contributed by atoms with Gasteiger partial charge in [-0.15, -0.1) is 0 Å². The molecule has 0 fully saturated rings. The molecule has 4 rings (SSSR count). The fraction of sp³-hybridized carbons (Fsp3) is 0.0870. The molecule has 0 radical (unpaired) electrons. The van der Waals surface area contributed by atoms with Crippen LogP contribution in [0.1, 0.15) is 28.4 Å². The van der Waals surface area contributed by atoms with E-state index in [0.29, 0.717) is 17.1 Å². The zero-order chi connectivity index (χ0) is 20.4. The van der Waals surface area contributed by atoms with Crippen molar-refractivity contribution in [2.24, 2.45) is 0 Å². The van der Waals surface area contributed by atoms with Gasteiger partial charge < -0.3 is 5.32 Å². The van der Waals surface area contributed by atoms with Crippen LogP contribution in [-0.2, 0) is 4.79 Å². The smallest absolute Gasteiger partial charge is 0.277 e.